The summed E-state index contributed by atoms with van der Waals surface area (Å²) in [6.07, 6.45) is 25.5. The third-order valence-electron chi connectivity index (χ3n) is 8.16. The van der Waals surface area contributed by atoms with E-state index in [4.69, 9.17) is 4.74 Å². The molecule has 34 heavy (non-hydrogen) atoms. The molecule has 1 saturated carbocycles. The van der Waals surface area contributed by atoms with Crippen LogP contribution in [0.3, 0.4) is 0 Å². The molecule has 1 atom stereocenters. The number of hydrogen-bond donors (Lipinski definition) is 0. The summed E-state index contributed by atoms with van der Waals surface area (Å²) in [5.74, 6) is 2.52. The Morgan fingerprint density at radius 1 is 0.941 bits per heavy atom. The number of esters is 1. The van der Waals surface area contributed by atoms with Gasteiger partial charge in [-0.05, 0) is 87.3 Å². The number of carbonyl (C=O) groups excluding carboxylic acids is 1. The maximum atomic E-state index is 12.6. The van der Waals surface area contributed by atoms with Crippen LogP contribution in [0.5, 0.6) is 5.75 Å². The van der Waals surface area contributed by atoms with Gasteiger partial charge in [0.1, 0.15) is 5.75 Å². The van der Waals surface area contributed by atoms with E-state index in [0.29, 0.717) is 5.75 Å². The molecule has 0 amide bonds. The minimum Gasteiger partial charge on any atom is -0.426 e. The smallest absolute Gasteiger partial charge is 0.314 e. The summed E-state index contributed by atoms with van der Waals surface area (Å²) in [6.45, 7) is 6.08. The summed E-state index contributed by atoms with van der Waals surface area (Å²) in [6, 6.07) is 8.28. The van der Waals surface area contributed by atoms with Crippen molar-refractivity contribution in [2.45, 2.75) is 116 Å². The maximum Gasteiger partial charge on any atom is 0.314 e. The first kappa shape index (κ1) is 26.8. The van der Waals surface area contributed by atoms with E-state index < -0.39 is 0 Å². The van der Waals surface area contributed by atoms with Crippen molar-refractivity contribution in [3.8, 4) is 5.75 Å². The molecule has 0 aliphatic heterocycles. The lowest BCUT2D eigenvalue weighted by atomic mass is 9.78. The number of aryl methyl sites for hydroxylation is 1. The summed E-state index contributed by atoms with van der Waals surface area (Å²) >= 11 is 0. The maximum absolute atomic E-state index is 12.6. The first-order valence-corrected chi connectivity index (χ1v) is 14.3. The molecule has 0 heterocycles. The second-order valence-corrected chi connectivity index (χ2v) is 10.9. The number of rotatable bonds is 14. The fraction of sp³-hybridized carbons (Fsp3) is 0.656. The van der Waals surface area contributed by atoms with E-state index in [1.807, 2.05) is 18.2 Å². The Hall–Kier alpha value is -1.83. The second kappa shape index (κ2) is 15.2. The number of allylic oxidation sites excluding steroid dienone is 3. The molecule has 1 aromatic rings. The number of unbranched alkanes of at least 4 members (excludes halogenated alkanes) is 4. The molecule has 1 fully saturated rings. The summed E-state index contributed by atoms with van der Waals surface area (Å²) in [5.41, 5.74) is 2.88. The monoisotopic (exact) mass is 464 g/mol. The largest absolute Gasteiger partial charge is 0.426 e. The minimum absolute atomic E-state index is 0.00806. The number of carbonyl (C=O) groups is 1. The van der Waals surface area contributed by atoms with Crippen LogP contribution in [0.25, 0.3) is 0 Å². The van der Waals surface area contributed by atoms with E-state index in [1.54, 1.807) is 0 Å². The fourth-order valence-electron chi connectivity index (χ4n) is 5.76. The highest BCUT2D eigenvalue weighted by Crippen LogP contribution is 2.34. The van der Waals surface area contributed by atoms with E-state index in [1.165, 1.54) is 81.8 Å². The number of benzene rings is 1. The van der Waals surface area contributed by atoms with Crippen molar-refractivity contribution in [1.29, 1.82) is 0 Å². The Labute approximate surface area is 209 Å². The first-order valence-electron chi connectivity index (χ1n) is 14.3. The highest BCUT2D eigenvalue weighted by atomic mass is 16.5. The Kier molecular flexibility index (Phi) is 12.0. The van der Waals surface area contributed by atoms with Gasteiger partial charge in [0.05, 0.1) is 5.92 Å². The average molecular weight is 465 g/mol. The zero-order valence-electron chi connectivity index (χ0n) is 21.7. The highest BCUT2D eigenvalue weighted by Gasteiger charge is 2.23. The van der Waals surface area contributed by atoms with Gasteiger partial charge in [-0.15, -0.1) is 6.58 Å². The Morgan fingerprint density at radius 2 is 1.68 bits per heavy atom. The van der Waals surface area contributed by atoms with Gasteiger partial charge in [0, 0.05) is 0 Å². The molecular formula is C32H48O2. The predicted octanol–water partition coefficient (Wildman–Crippen LogP) is 9.38. The van der Waals surface area contributed by atoms with Crippen molar-refractivity contribution in [1.82, 2.24) is 0 Å². The number of hydrogen-bond acceptors (Lipinski definition) is 2. The third-order valence-corrected chi connectivity index (χ3v) is 8.16. The normalized spacial score (nSPS) is 22.7. The molecule has 2 aliphatic carbocycles. The summed E-state index contributed by atoms with van der Waals surface area (Å²) < 4.78 is 5.72. The fourth-order valence-corrected chi connectivity index (χ4v) is 5.76. The highest BCUT2D eigenvalue weighted by molar-refractivity contribution is 5.75. The molecule has 1 aromatic carbocycles. The molecule has 0 N–H and O–H groups in total. The van der Waals surface area contributed by atoms with Crippen LogP contribution in [0.1, 0.15) is 115 Å². The summed E-state index contributed by atoms with van der Waals surface area (Å²) in [5, 5.41) is 0. The Bertz CT molecular complexity index is 752. The molecule has 0 aromatic heterocycles. The van der Waals surface area contributed by atoms with Crippen molar-refractivity contribution in [3.63, 3.8) is 0 Å². The molecule has 2 nitrogen and oxygen atoms in total. The van der Waals surface area contributed by atoms with Crippen molar-refractivity contribution in [2.75, 3.05) is 0 Å². The Balaban J connectivity index is 1.33. The molecule has 0 radical (unpaired) electrons. The van der Waals surface area contributed by atoms with Crippen LogP contribution in [0.4, 0.5) is 0 Å². The second-order valence-electron chi connectivity index (χ2n) is 10.9. The van der Waals surface area contributed by atoms with Gasteiger partial charge in [0.15, 0.2) is 0 Å². The molecular weight excluding hydrogens is 416 g/mol. The van der Waals surface area contributed by atoms with Crippen LogP contribution in [0.15, 0.2) is 48.6 Å². The van der Waals surface area contributed by atoms with E-state index in [9.17, 15) is 4.79 Å². The van der Waals surface area contributed by atoms with Crippen LogP contribution >= 0.6 is 0 Å². The van der Waals surface area contributed by atoms with Crippen molar-refractivity contribution < 1.29 is 9.53 Å². The van der Waals surface area contributed by atoms with Gasteiger partial charge in [-0.3, -0.25) is 4.79 Å². The van der Waals surface area contributed by atoms with E-state index in [-0.39, 0.29) is 11.9 Å². The zero-order valence-corrected chi connectivity index (χ0v) is 21.7. The van der Waals surface area contributed by atoms with Crippen molar-refractivity contribution in [3.05, 3.63) is 54.1 Å². The molecule has 3 rings (SSSR count). The van der Waals surface area contributed by atoms with E-state index >= 15 is 0 Å². The van der Waals surface area contributed by atoms with Crippen LogP contribution in [-0.2, 0) is 11.2 Å². The lowest BCUT2D eigenvalue weighted by Crippen LogP contribution is -2.22. The van der Waals surface area contributed by atoms with Gasteiger partial charge in [-0.2, -0.15) is 0 Å². The topological polar surface area (TPSA) is 26.3 Å². The Morgan fingerprint density at radius 3 is 2.32 bits per heavy atom. The van der Waals surface area contributed by atoms with E-state index in [2.05, 4.69) is 31.7 Å². The lowest BCUT2D eigenvalue weighted by molar-refractivity contribution is -0.139. The number of ether oxygens (including phenoxy) is 1. The molecule has 1 unspecified atom stereocenters. The lowest BCUT2D eigenvalue weighted by Gasteiger charge is -2.28. The van der Waals surface area contributed by atoms with Gasteiger partial charge in [0.2, 0.25) is 0 Å². The SMILES string of the molecule is C=CCCCCC1=CCC(C(=O)Oc2ccc(CCC3CCC(CCCCC)CC3)cc2)CC1. The average Bonchev–Trinajstić information content (AvgIpc) is 2.87. The molecule has 2 heteroatoms. The van der Waals surface area contributed by atoms with Gasteiger partial charge in [-0.25, -0.2) is 0 Å². The molecule has 0 saturated heterocycles. The van der Waals surface area contributed by atoms with Crippen LogP contribution in [0.2, 0.25) is 0 Å². The first-order chi connectivity index (χ1) is 16.7. The van der Waals surface area contributed by atoms with Crippen LogP contribution < -0.4 is 4.74 Å². The zero-order chi connectivity index (χ0) is 24.0. The van der Waals surface area contributed by atoms with Gasteiger partial charge in [0.25, 0.3) is 0 Å². The minimum atomic E-state index is -0.0644. The third kappa shape index (κ3) is 9.43. The van der Waals surface area contributed by atoms with Crippen LogP contribution in [-0.4, -0.2) is 5.97 Å². The summed E-state index contributed by atoms with van der Waals surface area (Å²) in [4.78, 5) is 12.6. The molecule has 188 valence electrons. The van der Waals surface area contributed by atoms with E-state index in [0.717, 1.165) is 50.4 Å². The van der Waals surface area contributed by atoms with Crippen molar-refractivity contribution in [2.24, 2.45) is 17.8 Å². The quantitative estimate of drug-likeness (QED) is 0.119. The molecule has 0 spiro atoms. The standard InChI is InChI=1S/C32H48O2/c1-3-5-7-9-11-27-18-22-30(23-19-27)32(33)34-31-24-20-29(21-25-31)17-16-28-14-12-26(13-15-28)10-8-6-4-2/h3,18,20-21,24-26,28,30H,1,4-17,19,22-23H2,2H3. The van der Waals surface area contributed by atoms with Crippen molar-refractivity contribution >= 4 is 5.97 Å². The van der Waals surface area contributed by atoms with Gasteiger partial charge >= 0.3 is 5.97 Å². The summed E-state index contributed by atoms with van der Waals surface area (Å²) in [7, 11) is 0. The van der Waals surface area contributed by atoms with Gasteiger partial charge < -0.3 is 4.74 Å². The van der Waals surface area contributed by atoms with Gasteiger partial charge in [-0.1, -0.05) is 88.1 Å². The molecule has 0 bridgehead atoms. The van der Waals surface area contributed by atoms with Crippen LogP contribution in [0, 0.1) is 17.8 Å². The predicted molar refractivity (Wildman–Crippen MR) is 144 cm³/mol. The molecule has 2 aliphatic rings.